The summed E-state index contributed by atoms with van der Waals surface area (Å²) in [6.07, 6.45) is -4.65. The SMILES string of the molecule is C[C@H](C(=O)NNC(=O)CSc1ccc(Cl)cc1)C(F)(F)F. The second kappa shape index (κ2) is 7.56. The van der Waals surface area contributed by atoms with Gasteiger partial charge in [-0.15, -0.1) is 11.8 Å². The van der Waals surface area contributed by atoms with Gasteiger partial charge in [0.05, 0.1) is 5.75 Å². The summed E-state index contributed by atoms with van der Waals surface area (Å²) in [4.78, 5) is 23.3. The van der Waals surface area contributed by atoms with Crippen molar-refractivity contribution in [2.45, 2.75) is 18.0 Å². The lowest BCUT2D eigenvalue weighted by Gasteiger charge is -2.15. The number of hydrogen-bond donors (Lipinski definition) is 2. The van der Waals surface area contributed by atoms with Gasteiger partial charge < -0.3 is 0 Å². The van der Waals surface area contributed by atoms with Crippen LogP contribution < -0.4 is 10.9 Å². The lowest BCUT2D eigenvalue weighted by molar-refractivity contribution is -0.179. The molecule has 0 spiro atoms. The zero-order valence-electron chi connectivity index (χ0n) is 10.8. The topological polar surface area (TPSA) is 58.2 Å². The molecule has 0 aromatic heterocycles. The quantitative estimate of drug-likeness (QED) is 0.654. The number of alkyl halides is 3. The largest absolute Gasteiger partial charge is 0.400 e. The Kier molecular flexibility index (Phi) is 6.35. The molecular formula is C12H12ClF3N2O2S. The molecule has 0 saturated heterocycles. The molecule has 9 heteroatoms. The molecule has 21 heavy (non-hydrogen) atoms. The van der Waals surface area contributed by atoms with Crippen molar-refractivity contribution in [1.82, 2.24) is 10.9 Å². The molecular weight excluding hydrogens is 329 g/mol. The average molecular weight is 341 g/mol. The molecule has 2 N–H and O–H groups in total. The predicted molar refractivity (Wildman–Crippen MR) is 73.7 cm³/mol. The number of carbonyl (C=O) groups is 2. The minimum absolute atomic E-state index is 0.0533. The van der Waals surface area contributed by atoms with Crippen LogP contribution in [0.25, 0.3) is 0 Å². The summed E-state index contributed by atoms with van der Waals surface area (Å²) in [5, 5.41) is 0.553. The standard InChI is InChI=1S/C12H12ClF3N2O2S/c1-7(12(14,15)16)11(20)18-17-10(19)6-21-9-4-2-8(13)3-5-9/h2-5,7H,6H2,1H3,(H,17,19)(H,18,20)/t7-/m1/s1. The van der Waals surface area contributed by atoms with Gasteiger partial charge >= 0.3 is 6.18 Å². The van der Waals surface area contributed by atoms with E-state index in [1.165, 1.54) is 0 Å². The fourth-order valence-corrected chi connectivity index (χ4v) is 1.93. The van der Waals surface area contributed by atoms with Gasteiger partial charge in [-0.25, -0.2) is 0 Å². The Bertz CT molecular complexity index is 508. The third-order valence-electron chi connectivity index (χ3n) is 2.39. The van der Waals surface area contributed by atoms with E-state index >= 15 is 0 Å². The van der Waals surface area contributed by atoms with Crippen LogP contribution in [-0.2, 0) is 9.59 Å². The molecule has 0 bridgehead atoms. The van der Waals surface area contributed by atoms with E-state index in [9.17, 15) is 22.8 Å². The molecule has 2 amide bonds. The summed E-state index contributed by atoms with van der Waals surface area (Å²) in [6.45, 7) is 0.712. The van der Waals surface area contributed by atoms with E-state index in [4.69, 9.17) is 11.6 Å². The van der Waals surface area contributed by atoms with E-state index in [2.05, 4.69) is 0 Å². The van der Waals surface area contributed by atoms with Crippen LogP contribution in [0, 0.1) is 5.92 Å². The molecule has 0 radical (unpaired) electrons. The molecule has 1 rings (SSSR count). The zero-order valence-corrected chi connectivity index (χ0v) is 12.4. The minimum Gasteiger partial charge on any atom is -0.273 e. The van der Waals surface area contributed by atoms with Gasteiger partial charge in [0.25, 0.3) is 0 Å². The lowest BCUT2D eigenvalue weighted by atomic mass is 10.1. The van der Waals surface area contributed by atoms with Crippen molar-refractivity contribution >= 4 is 35.2 Å². The van der Waals surface area contributed by atoms with Crippen molar-refractivity contribution in [1.29, 1.82) is 0 Å². The molecule has 0 fully saturated rings. The van der Waals surface area contributed by atoms with Gasteiger partial charge in [0.1, 0.15) is 5.92 Å². The molecule has 116 valence electrons. The van der Waals surface area contributed by atoms with E-state index in [1.807, 2.05) is 5.43 Å². The molecule has 0 unspecified atom stereocenters. The Hall–Kier alpha value is -1.41. The summed E-state index contributed by atoms with van der Waals surface area (Å²) in [5.41, 5.74) is 3.67. The fourth-order valence-electron chi connectivity index (χ4n) is 1.10. The molecule has 0 aliphatic rings. The second-order valence-electron chi connectivity index (χ2n) is 4.04. The van der Waals surface area contributed by atoms with Crippen LogP contribution in [-0.4, -0.2) is 23.7 Å². The van der Waals surface area contributed by atoms with Gasteiger partial charge in [-0.1, -0.05) is 11.6 Å². The minimum atomic E-state index is -4.65. The highest BCUT2D eigenvalue weighted by Crippen LogP contribution is 2.25. The number of nitrogens with one attached hydrogen (secondary N) is 2. The lowest BCUT2D eigenvalue weighted by Crippen LogP contribution is -2.47. The summed E-state index contributed by atoms with van der Waals surface area (Å²) in [7, 11) is 0. The highest BCUT2D eigenvalue weighted by molar-refractivity contribution is 8.00. The summed E-state index contributed by atoms with van der Waals surface area (Å²) < 4.78 is 36.7. The molecule has 0 aliphatic carbocycles. The highest BCUT2D eigenvalue weighted by atomic mass is 35.5. The first-order valence-electron chi connectivity index (χ1n) is 5.74. The van der Waals surface area contributed by atoms with Gasteiger partial charge in [0.2, 0.25) is 11.8 Å². The van der Waals surface area contributed by atoms with Crippen LogP contribution >= 0.6 is 23.4 Å². The number of hydrazine groups is 1. The molecule has 0 saturated carbocycles. The van der Waals surface area contributed by atoms with Gasteiger partial charge in [-0.05, 0) is 31.2 Å². The normalized spacial score (nSPS) is 12.6. The van der Waals surface area contributed by atoms with E-state index in [1.54, 1.807) is 29.7 Å². The number of benzene rings is 1. The van der Waals surface area contributed by atoms with E-state index < -0.39 is 23.9 Å². The number of thioether (sulfide) groups is 1. The van der Waals surface area contributed by atoms with E-state index in [0.29, 0.717) is 11.9 Å². The summed E-state index contributed by atoms with van der Waals surface area (Å²) >= 11 is 6.86. The molecule has 0 heterocycles. The Labute approximate surface area is 128 Å². The fraction of sp³-hybridized carbons (Fsp3) is 0.333. The van der Waals surface area contributed by atoms with Crippen LogP contribution in [0.1, 0.15) is 6.92 Å². The highest BCUT2D eigenvalue weighted by Gasteiger charge is 2.41. The number of hydrogen-bond acceptors (Lipinski definition) is 3. The molecule has 1 aromatic rings. The molecule has 1 atom stereocenters. The van der Waals surface area contributed by atoms with Crippen molar-refractivity contribution in [2.24, 2.45) is 5.92 Å². The van der Waals surface area contributed by atoms with Crippen molar-refractivity contribution in [3.05, 3.63) is 29.3 Å². The Morgan fingerprint density at radius 1 is 1.24 bits per heavy atom. The Morgan fingerprint density at radius 3 is 2.33 bits per heavy atom. The Morgan fingerprint density at radius 2 is 1.81 bits per heavy atom. The maximum atomic E-state index is 12.2. The summed E-state index contributed by atoms with van der Waals surface area (Å²) in [6, 6.07) is 6.69. The van der Waals surface area contributed by atoms with Crippen LogP contribution in [0.5, 0.6) is 0 Å². The summed E-state index contributed by atoms with van der Waals surface area (Å²) in [5.74, 6) is -4.17. The first-order chi connectivity index (χ1) is 9.70. The molecule has 4 nitrogen and oxygen atoms in total. The maximum absolute atomic E-state index is 12.2. The Balaban J connectivity index is 2.34. The maximum Gasteiger partial charge on any atom is 0.400 e. The predicted octanol–water partition coefficient (Wildman–Crippen LogP) is 2.78. The molecule has 0 aliphatic heterocycles. The van der Waals surface area contributed by atoms with Crippen LogP contribution in [0.15, 0.2) is 29.2 Å². The van der Waals surface area contributed by atoms with Gasteiger partial charge in [-0.3, -0.25) is 20.4 Å². The van der Waals surface area contributed by atoms with E-state index in [-0.39, 0.29) is 5.75 Å². The third kappa shape index (κ3) is 6.26. The molecule has 1 aromatic carbocycles. The van der Waals surface area contributed by atoms with Gasteiger partial charge in [-0.2, -0.15) is 13.2 Å². The monoisotopic (exact) mass is 340 g/mol. The van der Waals surface area contributed by atoms with Crippen LogP contribution in [0.4, 0.5) is 13.2 Å². The van der Waals surface area contributed by atoms with Crippen molar-refractivity contribution in [3.63, 3.8) is 0 Å². The number of halogens is 4. The smallest absolute Gasteiger partial charge is 0.273 e. The average Bonchev–Trinajstić information content (AvgIpc) is 2.42. The first kappa shape index (κ1) is 17.6. The van der Waals surface area contributed by atoms with Gasteiger partial charge in [0, 0.05) is 9.92 Å². The third-order valence-corrected chi connectivity index (χ3v) is 3.66. The first-order valence-corrected chi connectivity index (χ1v) is 7.10. The number of rotatable bonds is 4. The second-order valence-corrected chi connectivity index (χ2v) is 5.53. The van der Waals surface area contributed by atoms with Crippen LogP contribution in [0.2, 0.25) is 5.02 Å². The van der Waals surface area contributed by atoms with E-state index in [0.717, 1.165) is 16.7 Å². The van der Waals surface area contributed by atoms with Crippen molar-refractivity contribution in [3.8, 4) is 0 Å². The van der Waals surface area contributed by atoms with Gasteiger partial charge in [0.15, 0.2) is 0 Å². The number of amides is 2. The van der Waals surface area contributed by atoms with Crippen LogP contribution in [0.3, 0.4) is 0 Å². The zero-order chi connectivity index (χ0) is 16.0. The van der Waals surface area contributed by atoms with Crippen molar-refractivity contribution in [2.75, 3.05) is 5.75 Å². The van der Waals surface area contributed by atoms with Crippen molar-refractivity contribution < 1.29 is 22.8 Å². The number of carbonyl (C=O) groups excluding carboxylic acids is 2.